The Bertz CT molecular complexity index is 1180. The van der Waals surface area contributed by atoms with Crippen molar-refractivity contribution in [2.24, 2.45) is 0 Å². The number of esters is 1. The summed E-state index contributed by atoms with van der Waals surface area (Å²) in [5.41, 5.74) is 4.33. The van der Waals surface area contributed by atoms with Gasteiger partial charge in [-0.05, 0) is 44.8 Å². The van der Waals surface area contributed by atoms with Crippen LogP contribution in [0.1, 0.15) is 15.9 Å². The van der Waals surface area contributed by atoms with Crippen LogP contribution in [0.3, 0.4) is 0 Å². The average Bonchev–Trinajstić information content (AvgIpc) is 3.33. The Morgan fingerprint density at radius 1 is 1.11 bits per heavy atom. The molecule has 0 aliphatic carbocycles. The van der Waals surface area contributed by atoms with E-state index in [2.05, 4.69) is 14.8 Å². The van der Waals surface area contributed by atoms with Crippen LogP contribution in [-0.4, -0.2) is 85.9 Å². The van der Waals surface area contributed by atoms with Gasteiger partial charge in [0.2, 0.25) is 5.95 Å². The van der Waals surface area contributed by atoms with Crippen LogP contribution in [0.2, 0.25) is 0 Å². The van der Waals surface area contributed by atoms with Crippen LogP contribution in [0.25, 0.3) is 11.3 Å². The molecule has 0 radical (unpaired) electrons. The predicted octanol–water partition coefficient (Wildman–Crippen LogP) is 2.79. The van der Waals surface area contributed by atoms with Gasteiger partial charge in [0.05, 0.1) is 36.4 Å². The first-order valence-corrected chi connectivity index (χ1v) is 11.9. The fourth-order valence-corrected chi connectivity index (χ4v) is 4.35. The molecule has 2 aliphatic rings. The van der Waals surface area contributed by atoms with Gasteiger partial charge >= 0.3 is 5.97 Å². The number of ether oxygens (including phenoxy) is 2. The highest BCUT2D eigenvalue weighted by atomic mass is 16.5. The van der Waals surface area contributed by atoms with Crippen molar-refractivity contribution in [3.8, 4) is 11.3 Å². The van der Waals surface area contributed by atoms with Crippen LogP contribution >= 0.6 is 0 Å². The molecule has 0 atom stereocenters. The Labute approximate surface area is 205 Å². The number of aromatic nitrogens is 3. The van der Waals surface area contributed by atoms with Crippen molar-refractivity contribution in [1.82, 2.24) is 19.9 Å². The van der Waals surface area contributed by atoms with Crippen LogP contribution in [0.4, 0.5) is 17.5 Å². The third kappa shape index (κ3) is 5.11. The SMILES string of the molecule is CN(C)CCOC(=O)c1cccc(-c2nc(N3CCOCC3)nc3c2CCN3c2cccnc2)c1. The van der Waals surface area contributed by atoms with Crippen LogP contribution in [-0.2, 0) is 15.9 Å². The van der Waals surface area contributed by atoms with Crippen LogP contribution in [0.5, 0.6) is 0 Å². The van der Waals surface area contributed by atoms with Crippen molar-refractivity contribution in [2.45, 2.75) is 6.42 Å². The van der Waals surface area contributed by atoms with Gasteiger partial charge in [-0.1, -0.05) is 12.1 Å². The lowest BCUT2D eigenvalue weighted by atomic mass is 10.0. The fourth-order valence-electron chi connectivity index (χ4n) is 4.35. The van der Waals surface area contributed by atoms with E-state index in [0.29, 0.717) is 37.9 Å². The fraction of sp³-hybridized carbons (Fsp3) is 0.385. The molecular formula is C26H30N6O3. The summed E-state index contributed by atoms with van der Waals surface area (Å²) in [6.45, 7) is 4.60. The number of fused-ring (bicyclic) bond motifs is 1. The smallest absolute Gasteiger partial charge is 0.338 e. The highest BCUT2D eigenvalue weighted by Gasteiger charge is 2.29. The van der Waals surface area contributed by atoms with Crippen molar-refractivity contribution in [3.05, 3.63) is 59.9 Å². The Kier molecular flexibility index (Phi) is 6.87. The third-order valence-corrected chi connectivity index (χ3v) is 6.21. The van der Waals surface area contributed by atoms with Gasteiger partial charge in [0.15, 0.2) is 0 Å². The average molecular weight is 475 g/mol. The summed E-state index contributed by atoms with van der Waals surface area (Å²) in [7, 11) is 3.90. The maximum absolute atomic E-state index is 12.7. The molecule has 35 heavy (non-hydrogen) atoms. The number of rotatable bonds is 7. The molecule has 1 saturated heterocycles. The molecule has 3 aromatic rings. The van der Waals surface area contributed by atoms with Gasteiger partial charge in [0.1, 0.15) is 12.4 Å². The summed E-state index contributed by atoms with van der Waals surface area (Å²) in [4.78, 5) is 33.3. The molecule has 0 unspecified atom stereocenters. The van der Waals surface area contributed by atoms with E-state index in [9.17, 15) is 4.79 Å². The summed E-state index contributed by atoms with van der Waals surface area (Å²) in [5, 5.41) is 0. The van der Waals surface area contributed by atoms with Crippen LogP contribution in [0.15, 0.2) is 48.8 Å². The Morgan fingerprint density at radius 3 is 2.74 bits per heavy atom. The second kappa shape index (κ2) is 10.4. The van der Waals surface area contributed by atoms with E-state index in [0.717, 1.165) is 54.4 Å². The number of carbonyl (C=O) groups is 1. The van der Waals surface area contributed by atoms with Gasteiger partial charge in [0.25, 0.3) is 0 Å². The lowest BCUT2D eigenvalue weighted by Crippen LogP contribution is -2.37. The molecule has 0 saturated carbocycles. The molecule has 1 aromatic carbocycles. The summed E-state index contributed by atoms with van der Waals surface area (Å²) in [6.07, 6.45) is 4.43. The van der Waals surface area contributed by atoms with Crippen molar-refractivity contribution < 1.29 is 14.3 Å². The summed E-state index contributed by atoms with van der Waals surface area (Å²) in [6, 6.07) is 11.5. The van der Waals surface area contributed by atoms with E-state index in [-0.39, 0.29) is 5.97 Å². The molecule has 0 N–H and O–H groups in total. The molecule has 9 nitrogen and oxygen atoms in total. The molecule has 182 valence electrons. The Balaban J connectivity index is 1.52. The molecule has 9 heteroatoms. The maximum Gasteiger partial charge on any atom is 0.338 e. The maximum atomic E-state index is 12.7. The quantitative estimate of drug-likeness (QED) is 0.480. The van der Waals surface area contributed by atoms with Gasteiger partial charge in [-0.25, -0.2) is 9.78 Å². The van der Waals surface area contributed by atoms with Gasteiger partial charge in [0, 0.05) is 43.5 Å². The van der Waals surface area contributed by atoms with Crippen LogP contribution < -0.4 is 9.80 Å². The van der Waals surface area contributed by atoms with Gasteiger partial charge < -0.3 is 24.2 Å². The Morgan fingerprint density at radius 2 is 1.97 bits per heavy atom. The van der Waals surface area contributed by atoms with Crippen molar-refractivity contribution in [2.75, 3.05) is 69.9 Å². The van der Waals surface area contributed by atoms with E-state index in [1.807, 2.05) is 55.5 Å². The first-order valence-electron chi connectivity index (χ1n) is 11.9. The molecule has 0 spiro atoms. The largest absolute Gasteiger partial charge is 0.461 e. The first kappa shape index (κ1) is 23.2. The third-order valence-electron chi connectivity index (χ3n) is 6.21. The van der Waals surface area contributed by atoms with E-state index in [1.54, 1.807) is 12.3 Å². The van der Waals surface area contributed by atoms with Crippen molar-refractivity contribution in [3.63, 3.8) is 0 Å². The molecule has 0 bridgehead atoms. The highest BCUT2D eigenvalue weighted by molar-refractivity contribution is 5.91. The number of likely N-dealkylation sites (N-methyl/N-ethyl adjacent to an activating group) is 1. The lowest BCUT2D eigenvalue weighted by Gasteiger charge is -2.28. The molecule has 2 aromatic heterocycles. The summed E-state index contributed by atoms with van der Waals surface area (Å²) in [5.74, 6) is 1.24. The normalized spacial score (nSPS) is 15.4. The molecule has 5 rings (SSSR count). The number of hydrogen-bond donors (Lipinski definition) is 0. The van der Waals surface area contributed by atoms with E-state index >= 15 is 0 Å². The minimum absolute atomic E-state index is 0.329. The van der Waals surface area contributed by atoms with E-state index < -0.39 is 0 Å². The van der Waals surface area contributed by atoms with Crippen molar-refractivity contribution in [1.29, 1.82) is 0 Å². The molecular weight excluding hydrogens is 444 g/mol. The Hall–Kier alpha value is -3.56. The topological polar surface area (TPSA) is 83.9 Å². The van der Waals surface area contributed by atoms with E-state index in [4.69, 9.17) is 19.4 Å². The van der Waals surface area contributed by atoms with Gasteiger partial charge in [-0.15, -0.1) is 0 Å². The predicted molar refractivity (Wildman–Crippen MR) is 134 cm³/mol. The van der Waals surface area contributed by atoms with E-state index in [1.165, 1.54) is 0 Å². The second-order valence-electron chi connectivity index (χ2n) is 8.91. The van der Waals surface area contributed by atoms with Gasteiger partial charge in [-0.3, -0.25) is 4.98 Å². The number of pyridine rings is 1. The minimum Gasteiger partial charge on any atom is -0.461 e. The molecule has 4 heterocycles. The zero-order valence-corrected chi connectivity index (χ0v) is 20.2. The number of nitrogens with zero attached hydrogens (tertiary/aromatic N) is 6. The number of hydrogen-bond acceptors (Lipinski definition) is 9. The monoisotopic (exact) mass is 474 g/mol. The molecule has 2 aliphatic heterocycles. The van der Waals surface area contributed by atoms with Gasteiger partial charge in [-0.2, -0.15) is 4.98 Å². The zero-order chi connectivity index (χ0) is 24.2. The molecule has 0 amide bonds. The van der Waals surface area contributed by atoms with Crippen molar-refractivity contribution >= 4 is 23.4 Å². The minimum atomic E-state index is -0.329. The zero-order valence-electron chi connectivity index (χ0n) is 20.2. The summed E-state index contributed by atoms with van der Waals surface area (Å²) < 4.78 is 11.0. The number of carbonyl (C=O) groups excluding carboxylic acids is 1. The first-order chi connectivity index (χ1) is 17.1. The molecule has 1 fully saturated rings. The summed E-state index contributed by atoms with van der Waals surface area (Å²) >= 11 is 0. The number of benzene rings is 1. The van der Waals surface area contributed by atoms with Crippen LogP contribution in [0, 0.1) is 0 Å². The lowest BCUT2D eigenvalue weighted by molar-refractivity contribution is 0.0482. The standard InChI is InChI=1S/C26H30N6O3/c1-30(2)11-16-35-25(33)20-6-3-5-19(17-20)23-22-8-10-32(21-7-4-9-27-18-21)24(22)29-26(28-23)31-12-14-34-15-13-31/h3-7,9,17-18H,8,10-16H2,1-2H3. The number of morpholine rings is 1. The highest BCUT2D eigenvalue weighted by Crippen LogP contribution is 2.39. The number of anilines is 3. The second-order valence-corrected chi connectivity index (χ2v) is 8.91.